The first kappa shape index (κ1) is 16.9. The van der Waals surface area contributed by atoms with Crippen molar-refractivity contribution in [2.24, 2.45) is 0 Å². The van der Waals surface area contributed by atoms with Crippen molar-refractivity contribution in [3.05, 3.63) is 28.7 Å². The Bertz CT molecular complexity index is 712. The summed E-state index contributed by atoms with van der Waals surface area (Å²) in [5.74, 6) is -1.85. The second-order valence-electron chi connectivity index (χ2n) is 4.72. The number of ether oxygens (including phenoxy) is 1. The van der Waals surface area contributed by atoms with Crippen molar-refractivity contribution in [2.75, 3.05) is 13.2 Å². The molecule has 1 aromatic carbocycles. The number of aromatic hydroxyl groups is 2. The second kappa shape index (κ2) is 6.74. The highest BCUT2D eigenvalue weighted by Crippen LogP contribution is 2.38. The minimum atomic E-state index is -0.656. The number of rotatable bonds is 4. The minimum absolute atomic E-state index is 0.163. The molecule has 0 saturated carbocycles. The van der Waals surface area contributed by atoms with Gasteiger partial charge in [0.2, 0.25) is 0 Å². The number of hydrogen-bond acceptors (Lipinski definition) is 7. The highest BCUT2D eigenvalue weighted by molar-refractivity contribution is 8.18. The zero-order chi connectivity index (χ0) is 17.1. The predicted molar refractivity (Wildman–Crippen MR) is 83.7 cm³/mol. The molecule has 0 unspecified atom stereocenters. The third-order valence-electron chi connectivity index (χ3n) is 3.19. The van der Waals surface area contributed by atoms with E-state index in [0.717, 1.165) is 16.7 Å². The number of esters is 1. The molecule has 0 aliphatic carbocycles. The largest absolute Gasteiger partial charge is 0.504 e. The maximum atomic E-state index is 12.3. The molecule has 0 bridgehead atoms. The molecule has 2 amide bonds. The van der Waals surface area contributed by atoms with Crippen LogP contribution >= 0.6 is 11.8 Å². The highest BCUT2D eigenvalue weighted by Gasteiger charge is 2.38. The fourth-order valence-electron chi connectivity index (χ4n) is 1.99. The molecule has 1 aliphatic rings. The van der Waals surface area contributed by atoms with E-state index < -0.39 is 23.7 Å². The second-order valence-corrected chi connectivity index (χ2v) is 5.68. The summed E-state index contributed by atoms with van der Waals surface area (Å²) in [6.07, 6.45) is 0. The Balaban J connectivity index is 2.29. The number of phenols is 2. The molecule has 1 fully saturated rings. The number of allylic oxidation sites excluding steroid dienone is 1. The molecule has 0 aromatic heterocycles. The molecule has 2 rings (SSSR count). The van der Waals surface area contributed by atoms with Gasteiger partial charge in [-0.05, 0) is 48.9 Å². The van der Waals surface area contributed by atoms with E-state index in [2.05, 4.69) is 0 Å². The molecule has 0 atom stereocenters. The number of benzene rings is 1. The van der Waals surface area contributed by atoms with Crippen molar-refractivity contribution < 1.29 is 29.3 Å². The Morgan fingerprint density at radius 3 is 2.57 bits per heavy atom. The Morgan fingerprint density at radius 1 is 1.26 bits per heavy atom. The first-order chi connectivity index (χ1) is 10.8. The lowest BCUT2D eigenvalue weighted by Gasteiger charge is -2.11. The maximum Gasteiger partial charge on any atom is 0.326 e. The van der Waals surface area contributed by atoms with E-state index in [-0.39, 0.29) is 23.0 Å². The predicted octanol–water partition coefficient (Wildman–Crippen LogP) is 2.09. The van der Waals surface area contributed by atoms with Gasteiger partial charge in [-0.25, -0.2) is 0 Å². The van der Waals surface area contributed by atoms with Crippen molar-refractivity contribution in [3.8, 4) is 11.5 Å². The van der Waals surface area contributed by atoms with Gasteiger partial charge in [0, 0.05) is 0 Å². The summed E-state index contributed by atoms with van der Waals surface area (Å²) in [6, 6.07) is 4.10. The van der Waals surface area contributed by atoms with E-state index in [9.17, 15) is 24.6 Å². The van der Waals surface area contributed by atoms with Crippen LogP contribution in [-0.2, 0) is 14.3 Å². The Kier molecular flexibility index (Phi) is 4.95. The molecule has 1 aromatic rings. The monoisotopic (exact) mass is 337 g/mol. The van der Waals surface area contributed by atoms with Crippen LogP contribution in [0.15, 0.2) is 23.1 Å². The topological polar surface area (TPSA) is 104 Å². The lowest BCUT2D eigenvalue weighted by molar-refractivity contribution is -0.145. The van der Waals surface area contributed by atoms with Gasteiger partial charge in [-0.2, -0.15) is 0 Å². The van der Waals surface area contributed by atoms with Gasteiger partial charge in [0.1, 0.15) is 6.54 Å². The lowest BCUT2D eigenvalue weighted by Crippen LogP contribution is -2.34. The number of thioether (sulfide) groups is 1. The van der Waals surface area contributed by atoms with Crippen LogP contribution in [-0.4, -0.2) is 45.4 Å². The molecule has 0 spiro atoms. The number of hydrogen-bond donors (Lipinski definition) is 2. The Hall–Kier alpha value is -2.48. The summed E-state index contributed by atoms with van der Waals surface area (Å²) in [7, 11) is 0. The molecule has 0 radical (unpaired) electrons. The third-order valence-corrected chi connectivity index (χ3v) is 4.27. The highest BCUT2D eigenvalue weighted by atomic mass is 32.2. The van der Waals surface area contributed by atoms with E-state index >= 15 is 0 Å². The first-order valence-electron chi connectivity index (χ1n) is 6.77. The van der Waals surface area contributed by atoms with Crippen LogP contribution in [0, 0.1) is 0 Å². The standard InChI is InChI=1S/C15H15NO6S/c1-3-22-12(19)7-16-14(20)13(23-15(16)21)8(2)9-4-5-10(17)11(18)6-9/h4-6,17-18H,3,7H2,1-2H3/b13-8-. The van der Waals surface area contributed by atoms with E-state index in [1.165, 1.54) is 18.2 Å². The normalized spacial score (nSPS) is 16.7. The van der Waals surface area contributed by atoms with Crippen molar-refractivity contribution in [3.63, 3.8) is 0 Å². The summed E-state index contributed by atoms with van der Waals surface area (Å²) in [6.45, 7) is 2.98. The SMILES string of the molecule is CCOC(=O)CN1C(=O)S/C(=C(/C)c2ccc(O)c(O)c2)C1=O. The van der Waals surface area contributed by atoms with Crippen LogP contribution in [0.25, 0.3) is 5.57 Å². The first-order valence-corrected chi connectivity index (χ1v) is 7.59. The van der Waals surface area contributed by atoms with Gasteiger partial charge in [-0.3, -0.25) is 19.3 Å². The number of nitrogens with zero attached hydrogens (tertiary/aromatic N) is 1. The van der Waals surface area contributed by atoms with Gasteiger partial charge in [0.05, 0.1) is 11.5 Å². The zero-order valence-corrected chi connectivity index (χ0v) is 13.3. The number of amides is 2. The fraction of sp³-hybridized carbons (Fsp3) is 0.267. The number of carbonyl (C=O) groups excluding carboxylic acids is 3. The van der Waals surface area contributed by atoms with Gasteiger partial charge < -0.3 is 14.9 Å². The summed E-state index contributed by atoms with van der Waals surface area (Å²) in [5, 5.41) is 18.3. The van der Waals surface area contributed by atoms with Gasteiger partial charge in [0.15, 0.2) is 11.5 Å². The van der Waals surface area contributed by atoms with Gasteiger partial charge in [0.25, 0.3) is 11.1 Å². The zero-order valence-electron chi connectivity index (χ0n) is 12.5. The maximum absolute atomic E-state index is 12.3. The van der Waals surface area contributed by atoms with Crippen molar-refractivity contribution in [1.82, 2.24) is 4.90 Å². The van der Waals surface area contributed by atoms with E-state index in [0.29, 0.717) is 11.1 Å². The van der Waals surface area contributed by atoms with Crippen molar-refractivity contribution >= 4 is 34.5 Å². The number of carbonyl (C=O) groups is 3. The summed E-state index contributed by atoms with van der Waals surface area (Å²) in [4.78, 5) is 36.7. The van der Waals surface area contributed by atoms with Gasteiger partial charge in [-0.1, -0.05) is 6.07 Å². The Labute approximate surface area is 136 Å². The average molecular weight is 337 g/mol. The Morgan fingerprint density at radius 2 is 1.96 bits per heavy atom. The van der Waals surface area contributed by atoms with Crippen LogP contribution in [0.2, 0.25) is 0 Å². The smallest absolute Gasteiger partial charge is 0.326 e. The van der Waals surface area contributed by atoms with Crippen LogP contribution in [0.3, 0.4) is 0 Å². The van der Waals surface area contributed by atoms with Crippen LogP contribution < -0.4 is 0 Å². The molecule has 1 saturated heterocycles. The third kappa shape index (κ3) is 3.48. The molecule has 23 heavy (non-hydrogen) atoms. The average Bonchev–Trinajstić information content (AvgIpc) is 2.77. The summed E-state index contributed by atoms with van der Waals surface area (Å²) >= 11 is 0.720. The van der Waals surface area contributed by atoms with Crippen LogP contribution in [0.5, 0.6) is 11.5 Å². The van der Waals surface area contributed by atoms with Crippen LogP contribution in [0.4, 0.5) is 4.79 Å². The minimum Gasteiger partial charge on any atom is -0.504 e. The molecule has 8 heteroatoms. The van der Waals surface area contributed by atoms with Crippen molar-refractivity contribution in [2.45, 2.75) is 13.8 Å². The number of imide groups is 1. The lowest BCUT2D eigenvalue weighted by atomic mass is 10.1. The van der Waals surface area contributed by atoms with Gasteiger partial charge in [-0.15, -0.1) is 0 Å². The molecular formula is C15H15NO6S. The summed E-state index contributed by atoms with van der Waals surface area (Å²) < 4.78 is 4.74. The fourth-order valence-corrected chi connectivity index (χ4v) is 2.89. The quantitative estimate of drug-likeness (QED) is 0.492. The van der Waals surface area contributed by atoms with E-state index in [1.807, 2.05) is 0 Å². The molecule has 1 heterocycles. The molecule has 122 valence electrons. The molecular weight excluding hydrogens is 322 g/mol. The van der Waals surface area contributed by atoms with Gasteiger partial charge >= 0.3 is 5.97 Å². The summed E-state index contributed by atoms with van der Waals surface area (Å²) in [5.41, 5.74) is 0.956. The van der Waals surface area contributed by atoms with E-state index in [4.69, 9.17) is 4.74 Å². The molecule has 7 nitrogen and oxygen atoms in total. The van der Waals surface area contributed by atoms with E-state index in [1.54, 1.807) is 13.8 Å². The molecule has 1 aliphatic heterocycles. The molecule has 2 N–H and O–H groups in total. The van der Waals surface area contributed by atoms with Crippen molar-refractivity contribution in [1.29, 1.82) is 0 Å². The number of phenolic OH excluding ortho intramolecular Hbond substituents is 2. The van der Waals surface area contributed by atoms with Crippen LogP contribution in [0.1, 0.15) is 19.4 Å².